The van der Waals surface area contributed by atoms with Crippen LogP contribution in [0.3, 0.4) is 0 Å². The van der Waals surface area contributed by atoms with Gasteiger partial charge in [0.1, 0.15) is 5.75 Å². The summed E-state index contributed by atoms with van der Waals surface area (Å²) in [5.41, 5.74) is 2.26. The Balaban J connectivity index is 2.40. The Bertz CT molecular complexity index is 819. The van der Waals surface area contributed by atoms with Crippen molar-refractivity contribution in [3.05, 3.63) is 54.1 Å². The number of nitrogens with zero attached hydrogens (tertiary/aromatic N) is 1. The molecule has 0 aromatic heterocycles. The lowest BCUT2D eigenvalue weighted by Crippen LogP contribution is -2.28. The molecule has 0 radical (unpaired) electrons. The number of benzene rings is 2. The fourth-order valence-corrected chi connectivity index (χ4v) is 3.61. The van der Waals surface area contributed by atoms with E-state index in [0.29, 0.717) is 17.0 Å². The van der Waals surface area contributed by atoms with Crippen LogP contribution in [0.4, 0.5) is 5.69 Å². The molecule has 0 saturated carbocycles. The second-order valence-electron chi connectivity index (χ2n) is 4.99. The maximum absolute atomic E-state index is 12.9. The minimum absolute atomic E-state index is 0.00641. The lowest BCUT2D eigenvalue weighted by molar-refractivity contribution is -0.128. The summed E-state index contributed by atoms with van der Waals surface area (Å²) >= 11 is 0. The zero-order chi connectivity index (χ0) is 17.7. The van der Waals surface area contributed by atoms with Gasteiger partial charge in [0, 0.05) is 7.05 Å². The van der Waals surface area contributed by atoms with E-state index in [4.69, 9.17) is 9.94 Å². The van der Waals surface area contributed by atoms with Gasteiger partial charge in [0.2, 0.25) is 5.91 Å². The molecule has 7 nitrogen and oxygen atoms in total. The quantitative estimate of drug-likeness (QED) is 0.609. The van der Waals surface area contributed by atoms with Crippen LogP contribution in [0.15, 0.2) is 53.4 Å². The number of hydrogen-bond donors (Lipinski definition) is 2. The molecule has 0 fully saturated rings. The predicted molar refractivity (Wildman–Crippen MR) is 88.7 cm³/mol. The Labute approximate surface area is 140 Å². The van der Waals surface area contributed by atoms with Crippen LogP contribution in [0.5, 0.6) is 5.75 Å². The highest BCUT2D eigenvalue weighted by Crippen LogP contribution is 2.26. The average molecular weight is 350 g/mol. The summed E-state index contributed by atoms with van der Waals surface area (Å²) in [5, 5.41) is 8.66. The lowest BCUT2D eigenvalue weighted by Gasteiger charge is -2.21. The van der Waals surface area contributed by atoms with Crippen LogP contribution < -0.4 is 14.5 Å². The van der Waals surface area contributed by atoms with Crippen molar-refractivity contribution in [2.24, 2.45) is 0 Å². The summed E-state index contributed by atoms with van der Waals surface area (Å²) < 4.78 is 31.9. The third kappa shape index (κ3) is 3.66. The molecule has 8 heteroatoms. The Hall–Kier alpha value is -2.58. The fraction of sp³-hybridized carbons (Fsp3) is 0.188. The molecule has 2 aromatic carbocycles. The van der Waals surface area contributed by atoms with Crippen LogP contribution >= 0.6 is 0 Å². The first kappa shape index (κ1) is 17.8. The first-order valence-corrected chi connectivity index (χ1v) is 8.48. The second kappa shape index (κ2) is 7.33. The van der Waals surface area contributed by atoms with E-state index in [0.717, 1.165) is 4.31 Å². The Morgan fingerprint density at radius 1 is 1.17 bits per heavy atom. The number of carbonyl (C=O) groups excluding carboxylic acids is 1. The molecule has 0 unspecified atom stereocenters. The first-order chi connectivity index (χ1) is 11.4. The monoisotopic (exact) mass is 350 g/mol. The van der Waals surface area contributed by atoms with Crippen molar-refractivity contribution >= 4 is 21.6 Å². The van der Waals surface area contributed by atoms with E-state index in [1.807, 2.05) is 0 Å². The van der Waals surface area contributed by atoms with Crippen molar-refractivity contribution in [2.45, 2.75) is 11.3 Å². The zero-order valence-electron chi connectivity index (χ0n) is 13.3. The van der Waals surface area contributed by atoms with Gasteiger partial charge in [-0.05, 0) is 35.9 Å². The van der Waals surface area contributed by atoms with Crippen LogP contribution in [0.1, 0.15) is 5.56 Å². The Morgan fingerprint density at radius 2 is 1.79 bits per heavy atom. The van der Waals surface area contributed by atoms with Crippen molar-refractivity contribution in [1.82, 2.24) is 5.48 Å². The van der Waals surface area contributed by atoms with E-state index in [-0.39, 0.29) is 11.3 Å². The van der Waals surface area contributed by atoms with Crippen LogP contribution in [0.25, 0.3) is 0 Å². The molecule has 1 amide bonds. The van der Waals surface area contributed by atoms with Crippen molar-refractivity contribution < 1.29 is 23.2 Å². The summed E-state index contributed by atoms with van der Waals surface area (Å²) in [6.45, 7) is 0. The topological polar surface area (TPSA) is 95.9 Å². The summed E-state index contributed by atoms with van der Waals surface area (Å²) in [6, 6.07) is 12.7. The maximum Gasteiger partial charge on any atom is 0.264 e. The van der Waals surface area contributed by atoms with Gasteiger partial charge >= 0.3 is 0 Å². The highest BCUT2D eigenvalue weighted by atomic mass is 32.2. The molecule has 2 rings (SSSR count). The van der Waals surface area contributed by atoms with Crippen molar-refractivity contribution in [3.63, 3.8) is 0 Å². The Morgan fingerprint density at radius 3 is 2.38 bits per heavy atom. The van der Waals surface area contributed by atoms with E-state index >= 15 is 0 Å². The molecule has 0 heterocycles. The molecule has 128 valence electrons. The molecular weight excluding hydrogens is 332 g/mol. The molecule has 24 heavy (non-hydrogen) atoms. The van der Waals surface area contributed by atoms with Gasteiger partial charge in [-0.3, -0.25) is 14.3 Å². The van der Waals surface area contributed by atoms with Gasteiger partial charge in [0.15, 0.2) is 0 Å². The van der Waals surface area contributed by atoms with Crippen LogP contribution in [-0.2, 0) is 21.2 Å². The Kier molecular flexibility index (Phi) is 5.42. The number of carbonyl (C=O) groups is 1. The van der Waals surface area contributed by atoms with E-state index < -0.39 is 15.9 Å². The molecular formula is C16H18N2O5S. The number of amides is 1. The summed E-state index contributed by atoms with van der Waals surface area (Å²) in [6.07, 6.45) is -0.248. The van der Waals surface area contributed by atoms with E-state index in [1.165, 1.54) is 31.8 Å². The molecule has 0 spiro atoms. The third-order valence-corrected chi connectivity index (χ3v) is 5.41. The number of hydrogen-bond acceptors (Lipinski definition) is 5. The SMILES string of the molecule is COc1ccc(N(C)S(=O)(=O)c2ccccc2CC(=O)NO)cc1. The predicted octanol–water partition coefficient (Wildman–Crippen LogP) is 1.57. The molecule has 2 aromatic rings. The van der Waals surface area contributed by atoms with Crippen LogP contribution in [-0.4, -0.2) is 33.7 Å². The van der Waals surface area contributed by atoms with Gasteiger partial charge in [-0.1, -0.05) is 18.2 Å². The van der Waals surface area contributed by atoms with E-state index in [9.17, 15) is 13.2 Å². The van der Waals surface area contributed by atoms with Gasteiger partial charge < -0.3 is 4.74 Å². The number of anilines is 1. The molecule has 0 saturated heterocycles. The number of ether oxygens (including phenoxy) is 1. The highest BCUT2D eigenvalue weighted by molar-refractivity contribution is 7.92. The summed E-state index contributed by atoms with van der Waals surface area (Å²) in [4.78, 5) is 11.4. The standard InChI is InChI=1S/C16H18N2O5S/c1-18(13-7-9-14(23-2)10-8-13)24(21,22)15-6-4-3-5-12(15)11-16(19)17-20/h3-10,20H,11H2,1-2H3,(H,17,19). The number of rotatable bonds is 6. The third-order valence-electron chi connectivity index (χ3n) is 3.52. The molecule has 0 aliphatic rings. The highest BCUT2D eigenvalue weighted by Gasteiger charge is 2.25. The van der Waals surface area contributed by atoms with Crippen molar-refractivity contribution in [2.75, 3.05) is 18.5 Å². The fourth-order valence-electron chi connectivity index (χ4n) is 2.19. The van der Waals surface area contributed by atoms with Gasteiger partial charge in [-0.15, -0.1) is 0 Å². The van der Waals surface area contributed by atoms with E-state index in [1.54, 1.807) is 36.4 Å². The average Bonchev–Trinajstić information content (AvgIpc) is 2.61. The van der Waals surface area contributed by atoms with Gasteiger partial charge in [0.05, 0.1) is 24.1 Å². The minimum Gasteiger partial charge on any atom is -0.497 e. The minimum atomic E-state index is -3.87. The molecule has 0 atom stereocenters. The number of sulfonamides is 1. The van der Waals surface area contributed by atoms with Crippen molar-refractivity contribution in [1.29, 1.82) is 0 Å². The number of methoxy groups -OCH3 is 1. The van der Waals surface area contributed by atoms with Crippen molar-refractivity contribution in [3.8, 4) is 5.75 Å². The molecule has 0 aliphatic carbocycles. The summed E-state index contributed by atoms with van der Waals surface area (Å²) in [7, 11) is -0.909. The van der Waals surface area contributed by atoms with Gasteiger partial charge in [0.25, 0.3) is 10.0 Å². The first-order valence-electron chi connectivity index (χ1n) is 7.04. The molecule has 2 N–H and O–H groups in total. The summed E-state index contributed by atoms with van der Waals surface area (Å²) in [5.74, 6) is -0.0747. The smallest absolute Gasteiger partial charge is 0.264 e. The maximum atomic E-state index is 12.9. The van der Waals surface area contributed by atoms with Crippen LogP contribution in [0, 0.1) is 0 Å². The largest absolute Gasteiger partial charge is 0.497 e. The zero-order valence-corrected chi connectivity index (χ0v) is 14.1. The molecule has 0 aliphatic heterocycles. The molecule has 0 bridgehead atoms. The van der Waals surface area contributed by atoms with E-state index in [2.05, 4.69) is 0 Å². The van der Waals surface area contributed by atoms with Gasteiger partial charge in [-0.2, -0.15) is 0 Å². The number of hydroxylamine groups is 1. The number of nitrogens with one attached hydrogen (secondary N) is 1. The van der Waals surface area contributed by atoms with Gasteiger partial charge in [-0.25, -0.2) is 13.9 Å². The normalized spacial score (nSPS) is 11.0. The lowest BCUT2D eigenvalue weighted by atomic mass is 10.1. The second-order valence-corrected chi connectivity index (χ2v) is 6.93. The van der Waals surface area contributed by atoms with Crippen LogP contribution in [0.2, 0.25) is 0 Å².